The molecule has 0 aromatic heterocycles. The molecule has 2 aromatic carbocycles. The summed E-state index contributed by atoms with van der Waals surface area (Å²) in [6.07, 6.45) is 1.70. The van der Waals surface area contributed by atoms with Crippen LogP contribution in [0.25, 0.3) is 6.08 Å². The van der Waals surface area contributed by atoms with Gasteiger partial charge in [-0.15, -0.1) is 0 Å². The van der Waals surface area contributed by atoms with E-state index in [0.717, 1.165) is 17.3 Å². The highest BCUT2D eigenvalue weighted by Gasteiger charge is 2.20. The fourth-order valence-electron chi connectivity index (χ4n) is 2.07. The van der Waals surface area contributed by atoms with Gasteiger partial charge in [-0.2, -0.15) is 4.99 Å². The number of rotatable bonds is 4. The molecule has 0 saturated carbocycles. The van der Waals surface area contributed by atoms with Crippen molar-refractivity contribution in [2.75, 3.05) is 0 Å². The van der Waals surface area contributed by atoms with Crippen LogP contribution < -0.4 is 10.5 Å². The Labute approximate surface area is 143 Å². The van der Waals surface area contributed by atoms with E-state index in [9.17, 15) is 4.79 Å². The van der Waals surface area contributed by atoms with Crippen LogP contribution in [0.3, 0.4) is 0 Å². The fraction of sp³-hybridized carbons (Fsp3) is 0.0588. The smallest absolute Gasteiger partial charge is 0.286 e. The standard InChI is InChI=1S/C17H13ClN2O2S/c18-13-6-7-14(22-10-11-4-2-1-3-5-11)12(8-13)9-15-16(21)20-17(19)23-15/h1-9H,10H2,(H2,19,20,21)/b15-9+. The number of aliphatic imine (C=N–C) groups is 1. The largest absolute Gasteiger partial charge is 0.488 e. The lowest BCUT2D eigenvalue weighted by atomic mass is 10.1. The van der Waals surface area contributed by atoms with Crippen LogP contribution in [0.4, 0.5) is 0 Å². The molecule has 0 spiro atoms. The van der Waals surface area contributed by atoms with Gasteiger partial charge >= 0.3 is 0 Å². The van der Waals surface area contributed by atoms with Crippen LogP contribution in [0.5, 0.6) is 5.75 Å². The minimum Gasteiger partial charge on any atom is -0.488 e. The Balaban J connectivity index is 1.84. The zero-order chi connectivity index (χ0) is 16.2. The Morgan fingerprint density at radius 2 is 2.00 bits per heavy atom. The molecule has 1 amide bonds. The topological polar surface area (TPSA) is 64.7 Å². The maximum Gasteiger partial charge on any atom is 0.286 e. The Morgan fingerprint density at radius 1 is 1.22 bits per heavy atom. The van der Waals surface area contributed by atoms with E-state index in [1.165, 1.54) is 0 Å². The number of ether oxygens (including phenoxy) is 1. The number of nitrogens with zero attached hydrogens (tertiary/aromatic N) is 1. The first kappa shape index (κ1) is 15.6. The zero-order valence-corrected chi connectivity index (χ0v) is 13.6. The van der Waals surface area contributed by atoms with Crippen LogP contribution in [-0.2, 0) is 11.4 Å². The van der Waals surface area contributed by atoms with Gasteiger partial charge in [-0.3, -0.25) is 4.79 Å². The van der Waals surface area contributed by atoms with E-state index in [4.69, 9.17) is 22.1 Å². The molecule has 0 radical (unpaired) electrons. The molecule has 1 aliphatic rings. The monoisotopic (exact) mass is 344 g/mol. The van der Waals surface area contributed by atoms with Crippen LogP contribution in [0, 0.1) is 0 Å². The maximum absolute atomic E-state index is 11.7. The second-order valence-corrected chi connectivity index (χ2v) is 6.32. The van der Waals surface area contributed by atoms with E-state index in [0.29, 0.717) is 27.8 Å². The van der Waals surface area contributed by atoms with E-state index < -0.39 is 0 Å². The number of carbonyl (C=O) groups is 1. The Morgan fingerprint density at radius 3 is 2.70 bits per heavy atom. The van der Waals surface area contributed by atoms with Crippen LogP contribution in [0.2, 0.25) is 5.02 Å². The van der Waals surface area contributed by atoms with E-state index in [2.05, 4.69) is 4.99 Å². The van der Waals surface area contributed by atoms with Gasteiger partial charge in [-0.25, -0.2) is 0 Å². The summed E-state index contributed by atoms with van der Waals surface area (Å²) in [5.41, 5.74) is 7.34. The van der Waals surface area contributed by atoms with Gasteiger partial charge < -0.3 is 10.5 Å². The molecule has 116 valence electrons. The van der Waals surface area contributed by atoms with E-state index in [1.54, 1.807) is 24.3 Å². The Bertz CT molecular complexity index is 803. The van der Waals surface area contributed by atoms with Gasteiger partial charge in [0.05, 0.1) is 4.91 Å². The predicted octanol–water partition coefficient (Wildman–Crippen LogP) is 3.85. The highest BCUT2D eigenvalue weighted by atomic mass is 35.5. The normalized spacial score (nSPS) is 15.8. The van der Waals surface area contributed by atoms with Crippen molar-refractivity contribution < 1.29 is 9.53 Å². The van der Waals surface area contributed by atoms with E-state index in [-0.39, 0.29) is 11.1 Å². The summed E-state index contributed by atoms with van der Waals surface area (Å²) < 4.78 is 5.86. The Hall–Kier alpha value is -2.24. The van der Waals surface area contributed by atoms with Crippen molar-refractivity contribution in [2.24, 2.45) is 10.7 Å². The second-order valence-electron chi connectivity index (χ2n) is 4.82. The highest BCUT2D eigenvalue weighted by Crippen LogP contribution is 2.31. The van der Waals surface area contributed by atoms with Gasteiger partial charge in [-0.05, 0) is 41.6 Å². The molecule has 0 bridgehead atoms. The zero-order valence-electron chi connectivity index (χ0n) is 12.0. The Kier molecular flexibility index (Phi) is 4.69. The lowest BCUT2D eigenvalue weighted by Gasteiger charge is -2.10. The molecule has 2 aromatic rings. The number of hydrogen-bond donors (Lipinski definition) is 1. The number of amidine groups is 1. The van der Waals surface area contributed by atoms with Crippen LogP contribution in [0.15, 0.2) is 58.4 Å². The van der Waals surface area contributed by atoms with Crippen LogP contribution in [-0.4, -0.2) is 11.1 Å². The van der Waals surface area contributed by atoms with Crippen molar-refractivity contribution in [2.45, 2.75) is 6.61 Å². The van der Waals surface area contributed by atoms with Gasteiger partial charge in [0.2, 0.25) is 0 Å². The molecular formula is C17H13ClN2O2S. The van der Waals surface area contributed by atoms with Gasteiger partial charge in [0.15, 0.2) is 5.17 Å². The SMILES string of the molecule is NC1=NC(=O)/C(=C\c2cc(Cl)ccc2OCc2ccccc2)S1. The highest BCUT2D eigenvalue weighted by molar-refractivity contribution is 8.18. The first-order valence-electron chi connectivity index (χ1n) is 6.86. The van der Waals surface area contributed by atoms with Crippen LogP contribution in [0.1, 0.15) is 11.1 Å². The van der Waals surface area contributed by atoms with Gasteiger partial charge in [0.1, 0.15) is 12.4 Å². The summed E-state index contributed by atoms with van der Waals surface area (Å²) in [7, 11) is 0. The molecule has 3 rings (SSSR count). The second kappa shape index (κ2) is 6.89. The first-order chi connectivity index (χ1) is 11.1. The molecular weight excluding hydrogens is 332 g/mol. The summed E-state index contributed by atoms with van der Waals surface area (Å²) in [6.45, 7) is 0.429. The number of thioether (sulfide) groups is 1. The molecule has 0 saturated heterocycles. The number of halogens is 1. The van der Waals surface area contributed by atoms with Crippen LogP contribution >= 0.6 is 23.4 Å². The average molecular weight is 345 g/mol. The van der Waals surface area contributed by atoms with Crippen molar-refractivity contribution in [3.05, 3.63) is 69.6 Å². The molecule has 1 heterocycles. The summed E-state index contributed by atoms with van der Waals surface area (Å²) >= 11 is 7.19. The van der Waals surface area contributed by atoms with Crippen molar-refractivity contribution in [1.29, 1.82) is 0 Å². The molecule has 2 N–H and O–H groups in total. The summed E-state index contributed by atoms with van der Waals surface area (Å²) in [4.78, 5) is 15.9. The molecule has 0 fully saturated rings. The van der Waals surface area contributed by atoms with Crippen molar-refractivity contribution in [3.63, 3.8) is 0 Å². The number of carbonyl (C=O) groups excluding carboxylic acids is 1. The predicted molar refractivity (Wildman–Crippen MR) is 94.4 cm³/mol. The third kappa shape index (κ3) is 3.94. The third-order valence-electron chi connectivity index (χ3n) is 3.13. The summed E-state index contributed by atoms with van der Waals surface area (Å²) in [5, 5.41) is 0.809. The lowest BCUT2D eigenvalue weighted by molar-refractivity contribution is -0.113. The van der Waals surface area contributed by atoms with Crippen molar-refractivity contribution >= 4 is 40.5 Å². The molecule has 0 atom stereocenters. The molecule has 4 nitrogen and oxygen atoms in total. The van der Waals surface area contributed by atoms with Crippen molar-refractivity contribution in [3.8, 4) is 5.75 Å². The number of benzene rings is 2. The van der Waals surface area contributed by atoms with Gasteiger partial charge in [0.25, 0.3) is 5.91 Å². The average Bonchev–Trinajstić information content (AvgIpc) is 2.85. The lowest BCUT2D eigenvalue weighted by Crippen LogP contribution is -2.01. The molecule has 0 unspecified atom stereocenters. The van der Waals surface area contributed by atoms with Gasteiger partial charge in [-0.1, -0.05) is 41.9 Å². The summed E-state index contributed by atoms with van der Waals surface area (Å²) in [5.74, 6) is 0.297. The molecule has 23 heavy (non-hydrogen) atoms. The third-order valence-corrected chi connectivity index (χ3v) is 4.18. The van der Waals surface area contributed by atoms with E-state index >= 15 is 0 Å². The molecule has 0 aliphatic carbocycles. The fourth-order valence-corrected chi connectivity index (χ4v) is 2.92. The molecule has 6 heteroatoms. The first-order valence-corrected chi connectivity index (χ1v) is 8.05. The number of nitrogens with two attached hydrogens (primary N) is 1. The van der Waals surface area contributed by atoms with E-state index in [1.807, 2.05) is 30.3 Å². The maximum atomic E-state index is 11.7. The molecule has 1 aliphatic heterocycles. The number of hydrogen-bond acceptors (Lipinski definition) is 4. The number of amides is 1. The van der Waals surface area contributed by atoms with Crippen molar-refractivity contribution in [1.82, 2.24) is 0 Å². The minimum atomic E-state index is -0.346. The van der Waals surface area contributed by atoms with Gasteiger partial charge in [0, 0.05) is 10.6 Å². The minimum absolute atomic E-state index is 0.245. The quantitative estimate of drug-likeness (QED) is 0.856. The summed E-state index contributed by atoms with van der Waals surface area (Å²) in [6, 6.07) is 15.1.